The van der Waals surface area contributed by atoms with Gasteiger partial charge in [-0.05, 0) is 29.8 Å². The second-order valence-corrected chi connectivity index (χ2v) is 6.85. The summed E-state index contributed by atoms with van der Waals surface area (Å²) in [7, 11) is 0. The van der Waals surface area contributed by atoms with Crippen LogP contribution in [-0.2, 0) is 29.4 Å². The van der Waals surface area contributed by atoms with Crippen molar-refractivity contribution in [3.8, 4) is 0 Å². The largest absolute Gasteiger partial charge is 0.507 e. The minimum atomic E-state index is -5.37. The van der Waals surface area contributed by atoms with E-state index in [1.807, 2.05) is 0 Å². The second kappa shape index (κ2) is 8.02. The molecule has 0 saturated carbocycles. The Bertz CT molecular complexity index is 1070. The molecule has 4 nitrogen and oxygen atoms in total. The number of aromatic nitrogens is 2. The molecule has 1 aliphatic heterocycles. The molecular formula is C18H8F12N2O2. The summed E-state index contributed by atoms with van der Waals surface area (Å²) in [4.78, 5) is 4.92. The van der Waals surface area contributed by atoms with Crippen LogP contribution in [0.4, 0.5) is 52.7 Å². The highest BCUT2D eigenvalue weighted by atomic mass is 19.4. The Hall–Kier alpha value is -3.04. The van der Waals surface area contributed by atoms with E-state index in [1.165, 1.54) is 0 Å². The number of rotatable bonds is 2. The molecule has 0 bridgehead atoms. The van der Waals surface area contributed by atoms with Gasteiger partial charge in [0.25, 0.3) is 0 Å². The van der Waals surface area contributed by atoms with Gasteiger partial charge < -0.3 is 9.84 Å². The molecule has 0 aliphatic carbocycles. The number of pyridine rings is 2. The van der Waals surface area contributed by atoms with Crippen LogP contribution >= 0.6 is 0 Å². The van der Waals surface area contributed by atoms with Crippen molar-refractivity contribution in [3.05, 3.63) is 63.7 Å². The Morgan fingerprint density at radius 3 is 1.32 bits per heavy atom. The van der Waals surface area contributed by atoms with Crippen molar-refractivity contribution in [2.24, 2.45) is 0 Å². The number of nitrogens with zero attached hydrogens (tertiary/aromatic N) is 2. The van der Waals surface area contributed by atoms with Crippen LogP contribution in [-0.4, -0.2) is 21.7 Å². The standard InChI is InChI=1S/C18H8F12N2O2/c19-15(20,21)9-1-6(2-10(31-9)16(22,23)24)13(33)8-5-34-14(8)7-3-11(17(25,26)27)32-12(4-7)18(28,29)30/h1-4,14,33H,5H2/b13-8-. The summed E-state index contributed by atoms with van der Waals surface area (Å²) in [5.41, 5.74) is -10.5. The van der Waals surface area contributed by atoms with Gasteiger partial charge in [-0.3, -0.25) is 0 Å². The Morgan fingerprint density at radius 2 is 1.03 bits per heavy atom. The summed E-state index contributed by atoms with van der Waals surface area (Å²) in [6, 6.07) is 0.395. The monoisotopic (exact) mass is 512 g/mol. The first-order chi connectivity index (χ1) is 15.3. The van der Waals surface area contributed by atoms with Crippen LogP contribution in [0, 0.1) is 0 Å². The summed E-state index contributed by atoms with van der Waals surface area (Å²) < 4.78 is 161. The highest BCUT2D eigenvalue weighted by Gasteiger charge is 2.43. The Labute approximate surface area is 180 Å². The van der Waals surface area contributed by atoms with E-state index in [-0.39, 0.29) is 24.3 Å². The van der Waals surface area contributed by atoms with E-state index >= 15 is 0 Å². The Morgan fingerprint density at radius 1 is 0.676 bits per heavy atom. The molecule has 1 N–H and O–H groups in total. The molecule has 1 fully saturated rings. The molecule has 3 heterocycles. The summed E-state index contributed by atoms with van der Waals surface area (Å²) in [6.45, 7) is -0.702. The zero-order chi connectivity index (χ0) is 25.9. The summed E-state index contributed by atoms with van der Waals surface area (Å²) in [6.07, 6.45) is -23.2. The maximum absolute atomic E-state index is 13.0. The van der Waals surface area contributed by atoms with Crippen molar-refractivity contribution < 1.29 is 62.5 Å². The van der Waals surface area contributed by atoms with Gasteiger partial charge in [-0.2, -0.15) is 52.7 Å². The quantitative estimate of drug-likeness (QED) is 0.365. The van der Waals surface area contributed by atoms with Crippen molar-refractivity contribution in [1.29, 1.82) is 0 Å². The van der Waals surface area contributed by atoms with Crippen LogP contribution in [0.15, 0.2) is 29.8 Å². The van der Waals surface area contributed by atoms with Crippen molar-refractivity contribution in [3.63, 3.8) is 0 Å². The highest BCUT2D eigenvalue weighted by Crippen LogP contribution is 2.43. The second-order valence-electron chi connectivity index (χ2n) is 6.85. The maximum Gasteiger partial charge on any atom is 0.433 e. The fourth-order valence-corrected chi connectivity index (χ4v) is 2.88. The van der Waals surface area contributed by atoms with Gasteiger partial charge in [0, 0.05) is 11.1 Å². The van der Waals surface area contributed by atoms with Crippen molar-refractivity contribution in [2.75, 3.05) is 6.61 Å². The number of halogens is 12. The molecule has 1 atom stereocenters. The van der Waals surface area contributed by atoms with E-state index in [0.717, 1.165) is 0 Å². The van der Waals surface area contributed by atoms with Crippen LogP contribution in [0.2, 0.25) is 0 Å². The normalized spacial score (nSPS) is 19.1. The third kappa shape index (κ3) is 5.20. The Balaban J connectivity index is 2.14. The van der Waals surface area contributed by atoms with Gasteiger partial charge in [0.05, 0.1) is 6.61 Å². The predicted octanol–water partition coefficient (Wildman–Crippen LogP) is 6.59. The molecule has 1 unspecified atom stereocenters. The fourth-order valence-electron chi connectivity index (χ4n) is 2.88. The molecule has 0 spiro atoms. The molecule has 0 radical (unpaired) electrons. The van der Waals surface area contributed by atoms with E-state index in [0.29, 0.717) is 0 Å². The Kier molecular flexibility index (Phi) is 6.04. The summed E-state index contributed by atoms with van der Waals surface area (Å²) >= 11 is 0. The van der Waals surface area contributed by atoms with Crippen LogP contribution in [0.3, 0.4) is 0 Å². The molecule has 2 aromatic heterocycles. The lowest BCUT2D eigenvalue weighted by molar-refractivity contribution is -0.151. The average molecular weight is 512 g/mol. The van der Waals surface area contributed by atoms with Crippen LogP contribution in [0.5, 0.6) is 0 Å². The molecule has 0 amide bonds. The smallest absolute Gasteiger partial charge is 0.433 e. The molecule has 16 heteroatoms. The van der Waals surface area contributed by atoms with Crippen LogP contribution < -0.4 is 0 Å². The number of hydrogen-bond donors (Lipinski definition) is 1. The molecular weight excluding hydrogens is 504 g/mol. The van der Waals surface area contributed by atoms with Gasteiger partial charge >= 0.3 is 24.7 Å². The third-order valence-electron chi connectivity index (χ3n) is 4.44. The molecule has 34 heavy (non-hydrogen) atoms. The highest BCUT2D eigenvalue weighted by molar-refractivity contribution is 5.65. The predicted molar refractivity (Wildman–Crippen MR) is 86.7 cm³/mol. The topological polar surface area (TPSA) is 55.2 Å². The van der Waals surface area contributed by atoms with E-state index in [1.54, 1.807) is 0 Å². The lowest BCUT2D eigenvalue weighted by Gasteiger charge is -2.32. The SMILES string of the molecule is O/C(=C1/COC1c1cc(C(F)(F)F)nc(C(F)(F)F)c1)c1cc(C(F)(F)F)nc(C(F)(F)F)c1. The molecule has 0 aromatic carbocycles. The van der Waals surface area contributed by atoms with Crippen LogP contribution in [0.1, 0.15) is 40.0 Å². The number of aliphatic hydroxyl groups excluding tert-OH is 1. The minimum absolute atomic E-state index is 0.0434. The van der Waals surface area contributed by atoms with Gasteiger partial charge in [-0.25, -0.2) is 9.97 Å². The van der Waals surface area contributed by atoms with Gasteiger partial charge in [-0.1, -0.05) is 0 Å². The molecule has 2 aromatic rings. The van der Waals surface area contributed by atoms with E-state index in [2.05, 4.69) is 9.97 Å². The van der Waals surface area contributed by atoms with Crippen molar-refractivity contribution in [2.45, 2.75) is 30.8 Å². The van der Waals surface area contributed by atoms with E-state index in [4.69, 9.17) is 4.74 Å². The van der Waals surface area contributed by atoms with Crippen LogP contribution in [0.25, 0.3) is 5.76 Å². The van der Waals surface area contributed by atoms with Gasteiger partial charge in [0.2, 0.25) is 0 Å². The first-order valence-corrected chi connectivity index (χ1v) is 8.65. The third-order valence-corrected chi connectivity index (χ3v) is 4.44. The van der Waals surface area contributed by atoms with E-state index < -0.39 is 82.7 Å². The molecule has 1 aliphatic rings. The molecule has 186 valence electrons. The van der Waals surface area contributed by atoms with Crippen molar-refractivity contribution in [1.82, 2.24) is 9.97 Å². The number of alkyl halides is 12. The van der Waals surface area contributed by atoms with Gasteiger partial charge in [0.1, 0.15) is 34.6 Å². The zero-order valence-corrected chi connectivity index (χ0v) is 15.9. The molecule has 3 rings (SSSR count). The zero-order valence-electron chi connectivity index (χ0n) is 15.9. The minimum Gasteiger partial charge on any atom is -0.507 e. The number of aliphatic hydroxyl groups is 1. The van der Waals surface area contributed by atoms with Crippen molar-refractivity contribution >= 4 is 5.76 Å². The lowest BCUT2D eigenvalue weighted by atomic mass is 9.93. The fraction of sp³-hybridized carbons (Fsp3) is 0.333. The maximum atomic E-state index is 13.0. The van der Waals surface area contributed by atoms with E-state index in [9.17, 15) is 57.8 Å². The first kappa shape index (κ1) is 25.6. The first-order valence-electron chi connectivity index (χ1n) is 8.65. The average Bonchev–Trinajstić information content (AvgIpc) is 2.63. The summed E-state index contributed by atoms with van der Waals surface area (Å²) in [5, 5.41) is 10.3. The van der Waals surface area contributed by atoms with Gasteiger partial charge in [0.15, 0.2) is 0 Å². The molecule has 1 saturated heterocycles. The summed E-state index contributed by atoms with van der Waals surface area (Å²) in [5.74, 6) is -1.26. The number of ether oxygens (including phenoxy) is 1. The van der Waals surface area contributed by atoms with Gasteiger partial charge in [-0.15, -0.1) is 0 Å². The lowest BCUT2D eigenvalue weighted by Crippen LogP contribution is -2.26. The number of hydrogen-bond acceptors (Lipinski definition) is 4.